The van der Waals surface area contributed by atoms with Gasteiger partial charge in [0.05, 0.1) is 10.6 Å². The molecule has 0 radical (unpaired) electrons. The molecule has 1 atom stereocenters. The molecule has 1 heterocycles. The fourth-order valence-electron chi connectivity index (χ4n) is 4.16. The lowest BCUT2D eigenvalue weighted by atomic mass is 10.1. The summed E-state index contributed by atoms with van der Waals surface area (Å²) in [6.45, 7) is 3.52. The molecular weight excluding hydrogens is 561 g/mol. The average molecular weight is 590 g/mol. The van der Waals surface area contributed by atoms with Crippen LogP contribution in [-0.2, 0) is 26.2 Å². The number of carbonyl (C=O) groups is 2. The number of amides is 2. The number of halogens is 2. The number of benzene rings is 3. The lowest BCUT2D eigenvalue weighted by molar-refractivity contribution is -0.139. The smallest absolute Gasteiger partial charge is 0.264 e. The van der Waals surface area contributed by atoms with Gasteiger partial charge in [0.2, 0.25) is 11.8 Å². The Morgan fingerprint density at radius 2 is 1.70 bits per heavy atom. The molecule has 0 unspecified atom stereocenters. The highest BCUT2D eigenvalue weighted by atomic mass is 35.5. The van der Waals surface area contributed by atoms with Crippen LogP contribution in [0.25, 0.3) is 0 Å². The number of sulfonamides is 1. The van der Waals surface area contributed by atoms with E-state index in [1.807, 2.05) is 0 Å². The Labute approximate surface area is 237 Å². The number of likely N-dealkylation sites (N-methyl/N-ethyl adjacent to an activating group) is 1. The standard InChI is InChI=1S/C28H29ClFN3O6S/c1-3-31-28(35)19(2)32(17-20-6-4-5-7-24(20)29)27(34)18-33(22-10-8-21(30)9-11-22)40(36,37)23-12-13-25-26(16-23)39-15-14-38-25/h4-13,16,19H,3,14-15,17-18H2,1-2H3,(H,31,35)/t19-/m1/s1. The van der Waals surface area contributed by atoms with Crippen LogP contribution in [0.15, 0.2) is 71.6 Å². The first-order valence-electron chi connectivity index (χ1n) is 12.6. The van der Waals surface area contributed by atoms with Crippen LogP contribution in [-0.4, -0.2) is 57.5 Å². The van der Waals surface area contributed by atoms with E-state index < -0.39 is 40.2 Å². The zero-order valence-corrected chi connectivity index (χ0v) is 23.5. The van der Waals surface area contributed by atoms with Crippen LogP contribution in [0.3, 0.4) is 0 Å². The molecule has 0 aliphatic carbocycles. The molecule has 1 aliphatic rings. The molecule has 4 rings (SSSR count). The van der Waals surface area contributed by atoms with E-state index in [4.69, 9.17) is 21.1 Å². The Kier molecular flexibility index (Phi) is 9.16. The zero-order chi connectivity index (χ0) is 28.9. The molecule has 0 saturated heterocycles. The van der Waals surface area contributed by atoms with Gasteiger partial charge in [0.25, 0.3) is 10.0 Å². The minimum Gasteiger partial charge on any atom is -0.486 e. The maximum absolute atomic E-state index is 13.9. The molecule has 3 aromatic rings. The van der Waals surface area contributed by atoms with Crippen LogP contribution in [0.2, 0.25) is 5.02 Å². The molecule has 12 heteroatoms. The van der Waals surface area contributed by atoms with E-state index in [0.717, 1.165) is 16.4 Å². The minimum absolute atomic E-state index is 0.0435. The Bertz CT molecular complexity index is 1490. The fourth-order valence-corrected chi connectivity index (χ4v) is 5.79. The van der Waals surface area contributed by atoms with Crippen molar-refractivity contribution in [3.05, 3.63) is 83.1 Å². The third-order valence-electron chi connectivity index (χ3n) is 6.31. The third-order valence-corrected chi connectivity index (χ3v) is 8.45. The largest absolute Gasteiger partial charge is 0.486 e. The van der Waals surface area contributed by atoms with Crippen LogP contribution in [0.5, 0.6) is 11.5 Å². The summed E-state index contributed by atoms with van der Waals surface area (Å²) in [6.07, 6.45) is 0. The van der Waals surface area contributed by atoms with Crippen LogP contribution in [0, 0.1) is 5.82 Å². The van der Waals surface area contributed by atoms with Crippen LogP contribution < -0.4 is 19.1 Å². The van der Waals surface area contributed by atoms with E-state index in [2.05, 4.69) is 5.32 Å². The first kappa shape index (κ1) is 29.2. The Hall–Kier alpha value is -3.83. The van der Waals surface area contributed by atoms with E-state index in [0.29, 0.717) is 29.5 Å². The van der Waals surface area contributed by atoms with Crippen molar-refractivity contribution in [1.29, 1.82) is 0 Å². The summed E-state index contributed by atoms with van der Waals surface area (Å²) < 4.78 is 53.6. The molecule has 9 nitrogen and oxygen atoms in total. The van der Waals surface area contributed by atoms with Gasteiger partial charge in [-0.1, -0.05) is 29.8 Å². The number of rotatable bonds is 10. The number of nitrogens with one attached hydrogen (secondary N) is 1. The van der Waals surface area contributed by atoms with E-state index in [-0.39, 0.29) is 29.5 Å². The number of fused-ring (bicyclic) bond motifs is 1. The third kappa shape index (κ3) is 6.48. The number of anilines is 1. The Morgan fingerprint density at radius 3 is 2.38 bits per heavy atom. The van der Waals surface area contributed by atoms with E-state index >= 15 is 0 Å². The molecule has 0 bridgehead atoms. The van der Waals surface area contributed by atoms with Gasteiger partial charge in [-0.2, -0.15) is 0 Å². The highest BCUT2D eigenvalue weighted by Gasteiger charge is 2.33. The highest BCUT2D eigenvalue weighted by molar-refractivity contribution is 7.92. The molecule has 0 spiro atoms. The second-order valence-electron chi connectivity index (χ2n) is 8.98. The van der Waals surface area contributed by atoms with E-state index in [1.54, 1.807) is 38.1 Å². The molecular formula is C28H29ClFN3O6S. The summed E-state index contributed by atoms with van der Waals surface area (Å²) in [5, 5.41) is 3.08. The zero-order valence-electron chi connectivity index (χ0n) is 22.0. The number of nitrogens with zero attached hydrogens (tertiary/aromatic N) is 2. The Balaban J connectivity index is 1.73. The van der Waals surface area contributed by atoms with Crippen molar-refractivity contribution < 1.29 is 31.9 Å². The molecule has 0 saturated carbocycles. The predicted octanol–water partition coefficient (Wildman–Crippen LogP) is 4.00. The molecule has 3 aromatic carbocycles. The lowest BCUT2D eigenvalue weighted by Gasteiger charge is -2.32. The van der Waals surface area contributed by atoms with Crippen molar-refractivity contribution in [3.8, 4) is 11.5 Å². The monoisotopic (exact) mass is 589 g/mol. The van der Waals surface area contributed by atoms with Gasteiger partial charge < -0.3 is 19.7 Å². The second-order valence-corrected chi connectivity index (χ2v) is 11.2. The van der Waals surface area contributed by atoms with Gasteiger partial charge in [0.15, 0.2) is 11.5 Å². The first-order valence-corrected chi connectivity index (χ1v) is 14.4. The van der Waals surface area contributed by atoms with Gasteiger partial charge in [-0.25, -0.2) is 12.8 Å². The first-order chi connectivity index (χ1) is 19.1. The predicted molar refractivity (Wildman–Crippen MR) is 149 cm³/mol. The van der Waals surface area contributed by atoms with Crippen LogP contribution in [0.4, 0.5) is 10.1 Å². The summed E-state index contributed by atoms with van der Waals surface area (Å²) in [6, 6.07) is 14.8. The second kappa shape index (κ2) is 12.6. The number of ether oxygens (including phenoxy) is 2. The number of hydrogen-bond donors (Lipinski definition) is 1. The molecule has 2 amide bonds. The maximum Gasteiger partial charge on any atom is 0.264 e. The van der Waals surface area contributed by atoms with Crippen molar-refractivity contribution in [2.45, 2.75) is 31.3 Å². The summed E-state index contributed by atoms with van der Waals surface area (Å²) in [7, 11) is -4.37. The number of hydrogen-bond acceptors (Lipinski definition) is 6. The van der Waals surface area contributed by atoms with Crippen molar-refractivity contribution in [1.82, 2.24) is 10.2 Å². The van der Waals surface area contributed by atoms with E-state index in [9.17, 15) is 22.4 Å². The fraction of sp³-hybridized carbons (Fsp3) is 0.286. The normalized spacial score (nSPS) is 13.3. The molecule has 212 valence electrons. The molecule has 0 aromatic heterocycles. The van der Waals surface area contributed by atoms with Crippen molar-refractivity contribution in [3.63, 3.8) is 0 Å². The molecule has 1 aliphatic heterocycles. The van der Waals surface area contributed by atoms with Crippen molar-refractivity contribution >= 4 is 39.1 Å². The van der Waals surface area contributed by atoms with Gasteiger partial charge in [-0.15, -0.1) is 0 Å². The Morgan fingerprint density at radius 1 is 1.02 bits per heavy atom. The van der Waals surface area contributed by atoms with Crippen molar-refractivity contribution in [2.24, 2.45) is 0 Å². The van der Waals surface area contributed by atoms with Gasteiger partial charge >= 0.3 is 0 Å². The van der Waals surface area contributed by atoms with Crippen LogP contribution >= 0.6 is 11.6 Å². The topological polar surface area (TPSA) is 105 Å². The molecule has 0 fully saturated rings. The minimum atomic E-state index is -4.37. The van der Waals surface area contributed by atoms with Crippen LogP contribution in [0.1, 0.15) is 19.4 Å². The SMILES string of the molecule is CCNC(=O)[C@@H](C)N(Cc1ccccc1Cl)C(=O)CN(c1ccc(F)cc1)S(=O)(=O)c1ccc2c(c1)OCCO2. The summed E-state index contributed by atoms with van der Waals surface area (Å²) >= 11 is 6.34. The van der Waals surface area contributed by atoms with Gasteiger partial charge in [-0.3, -0.25) is 13.9 Å². The van der Waals surface area contributed by atoms with Gasteiger partial charge in [0.1, 0.15) is 31.6 Å². The molecule has 40 heavy (non-hydrogen) atoms. The molecule has 1 N–H and O–H groups in total. The van der Waals surface area contributed by atoms with Gasteiger partial charge in [-0.05, 0) is 61.9 Å². The van der Waals surface area contributed by atoms with E-state index in [1.165, 1.54) is 35.2 Å². The number of carbonyl (C=O) groups excluding carboxylic acids is 2. The summed E-state index contributed by atoms with van der Waals surface area (Å²) in [5.41, 5.74) is 0.643. The maximum atomic E-state index is 13.9. The van der Waals surface area contributed by atoms with Gasteiger partial charge in [0, 0.05) is 24.2 Å². The summed E-state index contributed by atoms with van der Waals surface area (Å²) in [4.78, 5) is 27.7. The van der Waals surface area contributed by atoms with Crippen molar-refractivity contribution in [2.75, 3.05) is 30.6 Å². The lowest BCUT2D eigenvalue weighted by Crippen LogP contribution is -2.51. The quantitative estimate of drug-likeness (QED) is 0.383. The summed E-state index contributed by atoms with van der Waals surface area (Å²) in [5.74, 6) is -0.994. The highest BCUT2D eigenvalue weighted by Crippen LogP contribution is 2.34. The average Bonchev–Trinajstić information content (AvgIpc) is 2.95.